The molecule has 0 saturated heterocycles. The Kier molecular flexibility index (Phi) is 2.04. The number of rotatable bonds is 1. The Balaban J connectivity index is 2.34. The lowest BCUT2D eigenvalue weighted by molar-refractivity contribution is 1.03. The van der Waals surface area contributed by atoms with E-state index in [2.05, 4.69) is 15.0 Å². The fourth-order valence-corrected chi connectivity index (χ4v) is 1.20. The van der Waals surface area contributed by atoms with Crippen LogP contribution in [0.5, 0.6) is 0 Å². The quantitative estimate of drug-likeness (QED) is 0.697. The van der Waals surface area contributed by atoms with E-state index in [0.717, 1.165) is 18.4 Å². The number of hydrogen-bond acceptors (Lipinski definition) is 4. The summed E-state index contributed by atoms with van der Waals surface area (Å²) in [6.45, 7) is 0. The van der Waals surface area contributed by atoms with Crippen LogP contribution in [-0.2, 0) is 0 Å². The number of anilines is 1. The second-order valence-electron chi connectivity index (χ2n) is 2.83. The molecule has 2 rings (SSSR count). The maximum absolute atomic E-state index is 5.55. The number of nitrogen functional groups attached to an aromatic ring is 1. The molecule has 4 heteroatoms. The molecule has 0 atom stereocenters. The molecule has 0 unspecified atom stereocenters. The molecule has 0 aromatic carbocycles. The summed E-state index contributed by atoms with van der Waals surface area (Å²) in [5.74, 6) is 1.19. The van der Waals surface area contributed by atoms with Crippen LogP contribution >= 0.6 is 0 Å². The summed E-state index contributed by atoms with van der Waals surface area (Å²) in [5, 5.41) is 0. The number of nitrogens with zero attached hydrogens (tertiary/aromatic N) is 3. The Hall–Kier alpha value is -1.71. The molecule has 0 fully saturated rings. The van der Waals surface area contributed by atoms with E-state index in [1.165, 1.54) is 0 Å². The minimum absolute atomic E-state index is 0.500. The fraction of sp³-hybridized carbons (Fsp3) is 0.222. The molecule has 0 aliphatic carbocycles. The topological polar surface area (TPSA) is 64.2 Å². The summed E-state index contributed by atoms with van der Waals surface area (Å²) in [4.78, 5) is 12.3. The molecule has 1 aliphatic heterocycles. The Morgan fingerprint density at radius 3 is 3.00 bits per heavy atom. The summed E-state index contributed by atoms with van der Waals surface area (Å²) in [6, 6.07) is 1.68. The normalized spacial score (nSPS) is 15.5. The Morgan fingerprint density at radius 2 is 2.31 bits per heavy atom. The maximum atomic E-state index is 5.55. The molecule has 0 amide bonds. The molecule has 13 heavy (non-hydrogen) atoms. The Bertz CT molecular complexity index is 368. The van der Waals surface area contributed by atoms with Gasteiger partial charge in [0.05, 0.1) is 0 Å². The predicted octanol–water partition coefficient (Wildman–Crippen LogP) is 1.26. The van der Waals surface area contributed by atoms with Crippen molar-refractivity contribution in [2.24, 2.45) is 4.99 Å². The monoisotopic (exact) mass is 174 g/mol. The third-order valence-electron chi connectivity index (χ3n) is 1.84. The van der Waals surface area contributed by atoms with E-state index < -0.39 is 0 Å². The average Bonchev–Trinajstić information content (AvgIpc) is 2.19. The van der Waals surface area contributed by atoms with Crippen LogP contribution in [0.25, 0.3) is 5.57 Å². The van der Waals surface area contributed by atoms with Crippen LogP contribution in [0.4, 0.5) is 5.82 Å². The van der Waals surface area contributed by atoms with Gasteiger partial charge >= 0.3 is 0 Å². The van der Waals surface area contributed by atoms with Gasteiger partial charge in [-0.05, 0) is 18.9 Å². The smallest absolute Gasteiger partial charge is 0.158 e. The third-order valence-corrected chi connectivity index (χ3v) is 1.84. The van der Waals surface area contributed by atoms with Gasteiger partial charge in [-0.3, -0.25) is 4.99 Å². The van der Waals surface area contributed by atoms with Crippen molar-refractivity contribution in [3.8, 4) is 0 Å². The van der Waals surface area contributed by atoms with Gasteiger partial charge in [-0.15, -0.1) is 0 Å². The van der Waals surface area contributed by atoms with Gasteiger partial charge in [0.25, 0.3) is 0 Å². The van der Waals surface area contributed by atoms with Crippen LogP contribution in [0.15, 0.2) is 23.5 Å². The van der Waals surface area contributed by atoms with E-state index in [1.807, 2.05) is 6.21 Å². The van der Waals surface area contributed by atoms with Crippen LogP contribution in [0, 0.1) is 0 Å². The van der Waals surface area contributed by atoms with E-state index in [1.54, 1.807) is 18.5 Å². The molecule has 0 saturated carbocycles. The maximum Gasteiger partial charge on any atom is 0.158 e. The minimum Gasteiger partial charge on any atom is -0.384 e. The molecule has 0 radical (unpaired) electrons. The largest absolute Gasteiger partial charge is 0.384 e. The lowest BCUT2D eigenvalue weighted by Gasteiger charge is -2.06. The van der Waals surface area contributed by atoms with Crippen LogP contribution in [0.3, 0.4) is 0 Å². The van der Waals surface area contributed by atoms with Gasteiger partial charge in [0.15, 0.2) is 5.82 Å². The SMILES string of the molecule is Nc1ccnc(C2=CN=CCC2)n1. The predicted molar refractivity (Wildman–Crippen MR) is 52.1 cm³/mol. The van der Waals surface area contributed by atoms with Crippen molar-refractivity contribution >= 4 is 17.6 Å². The number of hydrogen-bond donors (Lipinski definition) is 1. The first-order chi connectivity index (χ1) is 6.36. The molecule has 0 bridgehead atoms. The van der Waals surface area contributed by atoms with Crippen LogP contribution < -0.4 is 5.73 Å². The lowest BCUT2D eigenvalue weighted by atomic mass is 10.1. The first-order valence-corrected chi connectivity index (χ1v) is 4.16. The van der Waals surface area contributed by atoms with Crippen LogP contribution in [-0.4, -0.2) is 16.2 Å². The van der Waals surface area contributed by atoms with Gasteiger partial charge in [-0.1, -0.05) is 0 Å². The second kappa shape index (κ2) is 3.35. The average molecular weight is 174 g/mol. The molecule has 4 nitrogen and oxygen atoms in total. The van der Waals surface area contributed by atoms with E-state index in [-0.39, 0.29) is 0 Å². The first kappa shape index (κ1) is 7.91. The number of aliphatic imine (C=N–C) groups is 1. The van der Waals surface area contributed by atoms with Gasteiger partial charge in [0, 0.05) is 24.2 Å². The van der Waals surface area contributed by atoms with Crippen LogP contribution in [0.1, 0.15) is 18.7 Å². The van der Waals surface area contributed by atoms with E-state index >= 15 is 0 Å². The van der Waals surface area contributed by atoms with Gasteiger partial charge < -0.3 is 5.73 Å². The highest BCUT2D eigenvalue weighted by Gasteiger charge is 2.06. The van der Waals surface area contributed by atoms with Crippen molar-refractivity contribution in [1.29, 1.82) is 0 Å². The first-order valence-electron chi connectivity index (χ1n) is 4.16. The van der Waals surface area contributed by atoms with Crippen molar-refractivity contribution in [2.75, 3.05) is 5.73 Å². The van der Waals surface area contributed by atoms with Crippen molar-refractivity contribution < 1.29 is 0 Å². The lowest BCUT2D eigenvalue weighted by Crippen LogP contribution is -1.99. The van der Waals surface area contributed by atoms with Gasteiger partial charge in [-0.2, -0.15) is 0 Å². The highest BCUT2D eigenvalue weighted by molar-refractivity contribution is 5.71. The summed E-state index contributed by atoms with van der Waals surface area (Å²) in [5.41, 5.74) is 6.60. The summed E-state index contributed by atoms with van der Waals surface area (Å²) >= 11 is 0. The summed E-state index contributed by atoms with van der Waals surface area (Å²) in [6.07, 6.45) is 7.22. The fourth-order valence-electron chi connectivity index (χ4n) is 1.20. The molecule has 1 aromatic heterocycles. The summed E-state index contributed by atoms with van der Waals surface area (Å²) in [7, 11) is 0. The molecule has 1 aliphatic rings. The Labute approximate surface area is 76.2 Å². The standard InChI is InChI=1S/C9H10N4/c10-8-3-5-12-9(13-8)7-2-1-4-11-6-7/h3-6H,1-2H2,(H2,10,12,13). The molecule has 1 aromatic rings. The van der Waals surface area contributed by atoms with Gasteiger partial charge in [0.1, 0.15) is 5.82 Å². The van der Waals surface area contributed by atoms with E-state index in [9.17, 15) is 0 Å². The molecule has 2 N–H and O–H groups in total. The zero-order valence-electron chi connectivity index (χ0n) is 7.14. The summed E-state index contributed by atoms with van der Waals surface area (Å²) < 4.78 is 0. The number of aromatic nitrogens is 2. The molecule has 66 valence electrons. The third kappa shape index (κ3) is 1.72. The molecule has 0 spiro atoms. The minimum atomic E-state index is 0.500. The van der Waals surface area contributed by atoms with E-state index in [4.69, 9.17) is 5.73 Å². The van der Waals surface area contributed by atoms with Crippen molar-refractivity contribution in [3.05, 3.63) is 24.3 Å². The van der Waals surface area contributed by atoms with E-state index in [0.29, 0.717) is 11.6 Å². The second-order valence-corrected chi connectivity index (χ2v) is 2.83. The Morgan fingerprint density at radius 1 is 1.38 bits per heavy atom. The highest BCUT2D eigenvalue weighted by atomic mass is 14.9. The molecule has 2 heterocycles. The van der Waals surface area contributed by atoms with Crippen LogP contribution in [0.2, 0.25) is 0 Å². The van der Waals surface area contributed by atoms with Crippen molar-refractivity contribution in [1.82, 2.24) is 9.97 Å². The number of allylic oxidation sites excluding steroid dienone is 1. The van der Waals surface area contributed by atoms with Gasteiger partial charge in [-0.25, -0.2) is 9.97 Å². The zero-order valence-corrected chi connectivity index (χ0v) is 7.14. The van der Waals surface area contributed by atoms with Crippen molar-refractivity contribution in [2.45, 2.75) is 12.8 Å². The zero-order chi connectivity index (χ0) is 9.10. The molecular formula is C9H10N4. The molecular weight excluding hydrogens is 164 g/mol. The van der Waals surface area contributed by atoms with Crippen molar-refractivity contribution in [3.63, 3.8) is 0 Å². The highest BCUT2D eigenvalue weighted by Crippen LogP contribution is 2.18. The number of nitrogens with two attached hydrogens (primary N) is 1. The van der Waals surface area contributed by atoms with Gasteiger partial charge in [0.2, 0.25) is 0 Å².